The van der Waals surface area contributed by atoms with E-state index >= 15 is 0 Å². The minimum absolute atomic E-state index is 0.139. The van der Waals surface area contributed by atoms with Crippen LogP contribution in [0.25, 0.3) is 33.3 Å². The van der Waals surface area contributed by atoms with Crippen molar-refractivity contribution in [3.05, 3.63) is 95.1 Å². The maximum Gasteiger partial charge on any atom is 0.307 e. The first-order valence-electron chi connectivity index (χ1n) is 11.4. The van der Waals surface area contributed by atoms with E-state index in [-0.39, 0.29) is 6.42 Å². The molecule has 0 aliphatic rings. The molecule has 0 fully saturated rings. The van der Waals surface area contributed by atoms with Crippen LogP contribution in [-0.2, 0) is 24.2 Å². The second-order valence-corrected chi connectivity index (χ2v) is 8.36. The summed E-state index contributed by atoms with van der Waals surface area (Å²) in [4.78, 5) is 16.8. The van der Waals surface area contributed by atoms with Crippen molar-refractivity contribution in [2.45, 2.75) is 33.3 Å². The van der Waals surface area contributed by atoms with Crippen LogP contribution in [0.15, 0.2) is 77.2 Å². The molecule has 0 unspecified atom stereocenters. The van der Waals surface area contributed by atoms with Crippen molar-refractivity contribution < 1.29 is 19.1 Å². The predicted molar refractivity (Wildman–Crippen MR) is 133 cm³/mol. The van der Waals surface area contributed by atoms with E-state index in [0.717, 1.165) is 45.0 Å². The van der Waals surface area contributed by atoms with Crippen molar-refractivity contribution in [3.8, 4) is 17.2 Å². The van der Waals surface area contributed by atoms with Gasteiger partial charge in [-0.25, -0.2) is 4.98 Å². The summed E-state index contributed by atoms with van der Waals surface area (Å²) in [5, 5.41) is 11.5. The zero-order chi connectivity index (χ0) is 23.7. The van der Waals surface area contributed by atoms with Gasteiger partial charge in [-0.1, -0.05) is 61.5 Å². The average molecular weight is 452 g/mol. The monoisotopic (exact) mass is 451 g/mol. The Morgan fingerprint density at radius 3 is 2.50 bits per heavy atom. The molecule has 0 aliphatic heterocycles. The predicted octanol–water partition coefficient (Wildman–Crippen LogP) is 6.72. The lowest BCUT2D eigenvalue weighted by Gasteiger charge is -2.16. The van der Waals surface area contributed by atoms with Crippen LogP contribution in [0.5, 0.6) is 5.75 Å². The standard InChI is InChI=1S/C29H25NO4/c1-3-20-13-14-25(33-17-19-9-5-4-6-10-19)27-21(16-26(31)32)15-23(30-28(20)27)29-18(2)22-11-7-8-12-24(22)34-29/h4-15H,3,16-17H2,1-2H3,(H,31,32). The SMILES string of the molecule is CCc1ccc(OCc2ccccc2)c2c(CC(=O)O)cc(-c3oc4ccccc4c3C)nc12. The summed E-state index contributed by atoms with van der Waals surface area (Å²) in [5.74, 6) is 0.385. The van der Waals surface area contributed by atoms with E-state index in [1.807, 2.05) is 79.7 Å². The van der Waals surface area contributed by atoms with E-state index in [4.69, 9.17) is 14.1 Å². The molecule has 2 aromatic heterocycles. The number of furan rings is 1. The lowest BCUT2D eigenvalue weighted by Crippen LogP contribution is -2.05. The van der Waals surface area contributed by atoms with Gasteiger partial charge < -0.3 is 14.3 Å². The Hall–Kier alpha value is -4.12. The van der Waals surface area contributed by atoms with Gasteiger partial charge in [0, 0.05) is 16.3 Å². The molecule has 5 heteroatoms. The number of fused-ring (bicyclic) bond motifs is 2. The number of para-hydroxylation sites is 1. The van der Waals surface area contributed by atoms with Gasteiger partial charge in [0.2, 0.25) is 0 Å². The van der Waals surface area contributed by atoms with Gasteiger partial charge in [0.15, 0.2) is 5.76 Å². The number of carboxylic acids is 1. The second kappa shape index (κ2) is 9.02. The zero-order valence-electron chi connectivity index (χ0n) is 19.2. The van der Waals surface area contributed by atoms with Gasteiger partial charge in [0.25, 0.3) is 0 Å². The molecule has 5 rings (SSSR count). The molecule has 0 atom stereocenters. The number of aryl methyl sites for hydroxylation is 2. The smallest absolute Gasteiger partial charge is 0.307 e. The van der Waals surface area contributed by atoms with Crippen molar-refractivity contribution in [2.24, 2.45) is 0 Å². The number of carbonyl (C=O) groups is 1. The Morgan fingerprint density at radius 1 is 1.00 bits per heavy atom. The molecule has 34 heavy (non-hydrogen) atoms. The van der Waals surface area contributed by atoms with Crippen molar-refractivity contribution in [3.63, 3.8) is 0 Å². The number of aliphatic carboxylic acids is 1. The van der Waals surface area contributed by atoms with Gasteiger partial charge in [-0.05, 0) is 48.2 Å². The molecule has 3 aromatic carbocycles. The fourth-order valence-corrected chi connectivity index (χ4v) is 4.42. The van der Waals surface area contributed by atoms with E-state index in [2.05, 4.69) is 6.92 Å². The van der Waals surface area contributed by atoms with Gasteiger partial charge in [-0.15, -0.1) is 0 Å². The van der Waals surface area contributed by atoms with Gasteiger partial charge in [0.05, 0.1) is 11.9 Å². The summed E-state index contributed by atoms with van der Waals surface area (Å²) in [6, 6.07) is 23.5. The highest BCUT2D eigenvalue weighted by atomic mass is 16.5. The zero-order valence-corrected chi connectivity index (χ0v) is 19.2. The Kier molecular flexibility index (Phi) is 5.76. The highest BCUT2D eigenvalue weighted by Crippen LogP contribution is 2.37. The summed E-state index contributed by atoms with van der Waals surface area (Å²) >= 11 is 0. The molecule has 1 N–H and O–H groups in total. The molecule has 0 saturated heterocycles. The molecule has 5 aromatic rings. The van der Waals surface area contributed by atoms with E-state index in [9.17, 15) is 9.90 Å². The number of hydrogen-bond acceptors (Lipinski definition) is 4. The number of ether oxygens (including phenoxy) is 1. The number of aromatic nitrogens is 1. The minimum atomic E-state index is -0.907. The topological polar surface area (TPSA) is 72.6 Å². The lowest BCUT2D eigenvalue weighted by atomic mass is 9.98. The molecule has 0 bridgehead atoms. The first kappa shape index (κ1) is 21.7. The van der Waals surface area contributed by atoms with Crippen LogP contribution in [0.4, 0.5) is 0 Å². The normalized spacial score (nSPS) is 11.2. The van der Waals surface area contributed by atoms with Crippen molar-refractivity contribution in [2.75, 3.05) is 0 Å². The third-order valence-electron chi connectivity index (χ3n) is 6.12. The Bertz CT molecular complexity index is 1500. The Balaban J connectivity index is 1.70. The molecule has 0 saturated carbocycles. The van der Waals surface area contributed by atoms with Crippen LogP contribution >= 0.6 is 0 Å². The summed E-state index contributed by atoms with van der Waals surface area (Å²) in [7, 11) is 0. The van der Waals surface area contributed by atoms with Crippen LogP contribution in [0.3, 0.4) is 0 Å². The molecular weight excluding hydrogens is 426 g/mol. The molecule has 0 aliphatic carbocycles. The number of hydrogen-bond donors (Lipinski definition) is 1. The first-order chi connectivity index (χ1) is 16.5. The largest absolute Gasteiger partial charge is 0.488 e. The van der Waals surface area contributed by atoms with Crippen LogP contribution in [0.1, 0.15) is 29.2 Å². The fourth-order valence-electron chi connectivity index (χ4n) is 4.42. The van der Waals surface area contributed by atoms with E-state index in [0.29, 0.717) is 29.4 Å². The number of benzene rings is 3. The van der Waals surface area contributed by atoms with Crippen LogP contribution in [0, 0.1) is 6.92 Å². The van der Waals surface area contributed by atoms with Gasteiger partial charge in [-0.2, -0.15) is 0 Å². The first-order valence-corrected chi connectivity index (χ1v) is 11.4. The summed E-state index contributed by atoms with van der Waals surface area (Å²) in [5.41, 5.74) is 5.88. The van der Waals surface area contributed by atoms with Gasteiger partial charge in [0.1, 0.15) is 23.6 Å². The maximum atomic E-state index is 11.8. The fraction of sp³-hybridized carbons (Fsp3) is 0.172. The molecule has 2 heterocycles. The summed E-state index contributed by atoms with van der Waals surface area (Å²) < 4.78 is 12.3. The lowest BCUT2D eigenvalue weighted by molar-refractivity contribution is -0.136. The molecule has 0 spiro atoms. The quantitative estimate of drug-likeness (QED) is 0.297. The van der Waals surface area contributed by atoms with E-state index in [1.165, 1.54) is 0 Å². The number of rotatable bonds is 7. The van der Waals surface area contributed by atoms with Crippen LogP contribution in [0.2, 0.25) is 0 Å². The van der Waals surface area contributed by atoms with Crippen LogP contribution < -0.4 is 4.74 Å². The van der Waals surface area contributed by atoms with Crippen LogP contribution in [-0.4, -0.2) is 16.1 Å². The van der Waals surface area contributed by atoms with Crippen molar-refractivity contribution in [1.82, 2.24) is 4.98 Å². The molecular formula is C29H25NO4. The molecule has 0 radical (unpaired) electrons. The minimum Gasteiger partial charge on any atom is -0.488 e. The van der Waals surface area contributed by atoms with Crippen molar-refractivity contribution in [1.29, 1.82) is 0 Å². The Labute approximate surface area is 197 Å². The number of carboxylic acid groups (broad SMARTS) is 1. The Morgan fingerprint density at radius 2 is 1.76 bits per heavy atom. The molecule has 5 nitrogen and oxygen atoms in total. The third-order valence-corrected chi connectivity index (χ3v) is 6.12. The third kappa shape index (κ3) is 4.01. The summed E-state index contributed by atoms with van der Waals surface area (Å²) in [6.07, 6.45) is 0.623. The second-order valence-electron chi connectivity index (χ2n) is 8.36. The van der Waals surface area contributed by atoms with Gasteiger partial charge in [-0.3, -0.25) is 4.79 Å². The van der Waals surface area contributed by atoms with Crippen molar-refractivity contribution >= 4 is 27.8 Å². The van der Waals surface area contributed by atoms with E-state index < -0.39 is 5.97 Å². The highest BCUT2D eigenvalue weighted by molar-refractivity contribution is 5.96. The maximum absolute atomic E-state index is 11.8. The molecule has 170 valence electrons. The number of pyridine rings is 1. The number of nitrogens with zero attached hydrogens (tertiary/aromatic N) is 1. The molecule has 0 amide bonds. The van der Waals surface area contributed by atoms with E-state index in [1.54, 1.807) is 0 Å². The summed E-state index contributed by atoms with van der Waals surface area (Å²) in [6.45, 7) is 4.46. The average Bonchev–Trinajstić information content (AvgIpc) is 3.19. The van der Waals surface area contributed by atoms with Gasteiger partial charge >= 0.3 is 5.97 Å². The highest BCUT2D eigenvalue weighted by Gasteiger charge is 2.20.